The largest absolute Gasteiger partial charge is 0.465 e. The lowest BCUT2D eigenvalue weighted by atomic mass is 10.5. The van der Waals surface area contributed by atoms with Crippen molar-refractivity contribution in [3.8, 4) is 0 Å². The molecule has 0 heterocycles. The van der Waals surface area contributed by atoms with E-state index in [-0.39, 0.29) is 12.4 Å². The van der Waals surface area contributed by atoms with E-state index in [1.165, 1.54) is 0 Å². The molecule has 0 fully saturated rings. The molecule has 0 aromatic rings. The van der Waals surface area contributed by atoms with Crippen LogP contribution in [0.3, 0.4) is 0 Å². The number of methoxy groups -OCH3 is 1. The Kier molecular flexibility index (Phi) is 9.01. The van der Waals surface area contributed by atoms with Gasteiger partial charge in [-0.05, 0) is 19.9 Å². The number of rotatable bonds is 10. The fourth-order valence-corrected chi connectivity index (χ4v) is 2.34. The Morgan fingerprint density at radius 3 is 2.59 bits per heavy atom. The average molecular weight is 267 g/mol. The van der Waals surface area contributed by atoms with Crippen LogP contribution in [0.5, 0.6) is 0 Å². The third-order valence-corrected chi connectivity index (χ3v) is 3.52. The fourth-order valence-electron chi connectivity index (χ4n) is 1.17. The molecule has 0 atom stereocenters. The zero-order chi connectivity index (χ0) is 13.1. The van der Waals surface area contributed by atoms with Crippen molar-refractivity contribution in [2.75, 3.05) is 44.9 Å². The average Bonchev–Trinajstić information content (AvgIpc) is 2.22. The first-order chi connectivity index (χ1) is 8.02. The standard InChI is InChI=1S/C10H21NO5S/c1-3-16-10(12)9-17(13,14)8-4-5-11-6-7-15-2/h11H,3-9H2,1-2H3. The van der Waals surface area contributed by atoms with Gasteiger partial charge in [-0.2, -0.15) is 0 Å². The Hall–Kier alpha value is -0.660. The van der Waals surface area contributed by atoms with Crippen molar-refractivity contribution in [1.82, 2.24) is 5.32 Å². The van der Waals surface area contributed by atoms with Crippen LogP contribution in [0.1, 0.15) is 13.3 Å². The van der Waals surface area contributed by atoms with E-state index >= 15 is 0 Å². The quantitative estimate of drug-likeness (QED) is 0.428. The van der Waals surface area contributed by atoms with Gasteiger partial charge in [0.05, 0.1) is 19.0 Å². The molecule has 0 rings (SSSR count). The number of hydrogen-bond donors (Lipinski definition) is 1. The van der Waals surface area contributed by atoms with E-state index in [9.17, 15) is 13.2 Å². The van der Waals surface area contributed by atoms with E-state index in [0.29, 0.717) is 26.1 Å². The number of hydrogen-bond acceptors (Lipinski definition) is 6. The van der Waals surface area contributed by atoms with E-state index in [4.69, 9.17) is 4.74 Å². The van der Waals surface area contributed by atoms with Gasteiger partial charge in [-0.15, -0.1) is 0 Å². The first-order valence-electron chi connectivity index (χ1n) is 5.57. The number of esters is 1. The maximum atomic E-state index is 11.5. The number of ether oxygens (including phenoxy) is 2. The van der Waals surface area contributed by atoms with Crippen LogP contribution in [-0.2, 0) is 24.1 Å². The van der Waals surface area contributed by atoms with E-state index in [1.54, 1.807) is 14.0 Å². The number of carbonyl (C=O) groups excluding carboxylic acids is 1. The predicted molar refractivity (Wildman–Crippen MR) is 64.6 cm³/mol. The Labute approximate surface area is 103 Å². The number of nitrogens with one attached hydrogen (secondary N) is 1. The summed E-state index contributed by atoms with van der Waals surface area (Å²) in [6.45, 7) is 3.71. The van der Waals surface area contributed by atoms with Crippen LogP contribution in [0, 0.1) is 0 Å². The first kappa shape index (κ1) is 16.3. The van der Waals surface area contributed by atoms with Crippen LogP contribution in [0.25, 0.3) is 0 Å². The lowest BCUT2D eigenvalue weighted by Crippen LogP contribution is -2.25. The third kappa shape index (κ3) is 10.2. The second kappa shape index (κ2) is 9.38. The first-order valence-corrected chi connectivity index (χ1v) is 7.39. The summed E-state index contributed by atoms with van der Waals surface area (Å²) in [7, 11) is -1.74. The van der Waals surface area contributed by atoms with Crippen LogP contribution < -0.4 is 5.32 Å². The van der Waals surface area contributed by atoms with Crippen molar-refractivity contribution in [2.45, 2.75) is 13.3 Å². The minimum Gasteiger partial charge on any atom is -0.465 e. The minimum atomic E-state index is -3.34. The van der Waals surface area contributed by atoms with Crippen LogP contribution in [0.4, 0.5) is 0 Å². The van der Waals surface area contributed by atoms with Crippen molar-refractivity contribution in [3.05, 3.63) is 0 Å². The molecule has 0 aliphatic carbocycles. The summed E-state index contributed by atoms with van der Waals surface area (Å²) in [5.41, 5.74) is 0. The molecule has 0 bridgehead atoms. The molecule has 1 N–H and O–H groups in total. The van der Waals surface area contributed by atoms with Gasteiger partial charge in [0.2, 0.25) is 0 Å². The highest BCUT2D eigenvalue weighted by Crippen LogP contribution is 1.95. The predicted octanol–water partition coefficient (Wildman–Crippen LogP) is -0.410. The summed E-state index contributed by atoms with van der Waals surface area (Å²) >= 11 is 0. The van der Waals surface area contributed by atoms with Gasteiger partial charge in [0.15, 0.2) is 9.84 Å². The lowest BCUT2D eigenvalue weighted by Gasteiger charge is -2.05. The highest BCUT2D eigenvalue weighted by atomic mass is 32.2. The molecule has 0 saturated carbocycles. The minimum absolute atomic E-state index is 0.00814. The molecular formula is C10H21NO5S. The van der Waals surface area contributed by atoms with E-state index in [0.717, 1.165) is 0 Å². The topological polar surface area (TPSA) is 81.7 Å². The smallest absolute Gasteiger partial charge is 0.321 e. The van der Waals surface area contributed by atoms with E-state index < -0.39 is 21.6 Å². The Bertz CT molecular complexity index is 302. The molecule has 0 spiro atoms. The molecule has 0 saturated heterocycles. The summed E-state index contributed by atoms with van der Waals surface area (Å²) < 4.78 is 32.3. The maximum Gasteiger partial charge on any atom is 0.321 e. The van der Waals surface area contributed by atoms with Gasteiger partial charge in [0.1, 0.15) is 5.75 Å². The Morgan fingerprint density at radius 2 is 2.00 bits per heavy atom. The molecule has 102 valence electrons. The summed E-state index contributed by atoms with van der Waals surface area (Å²) in [5, 5.41) is 3.03. The second-order valence-electron chi connectivity index (χ2n) is 3.49. The summed E-state index contributed by atoms with van der Waals surface area (Å²) in [5.74, 6) is -1.22. The summed E-state index contributed by atoms with van der Waals surface area (Å²) in [6.07, 6.45) is 0.478. The molecule has 0 radical (unpaired) electrons. The third-order valence-electron chi connectivity index (χ3n) is 1.93. The van der Waals surface area contributed by atoms with Gasteiger partial charge in [-0.25, -0.2) is 8.42 Å². The summed E-state index contributed by atoms with van der Waals surface area (Å²) in [6, 6.07) is 0. The van der Waals surface area contributed by atoms with Crippen molar-refractivity contribution in [3.63, 3.8) is 0 Å². The van der Waals surface area contributed by atoms with Crippen molar-refractivity contribution in [2.24, 2.45) is 0 Å². The highest BCUT2D eigenvalue weighted by molar-refractivity contribution is 7.92. The van der Waals surface area contributed by atoms with Crippen molar-refractivity contribution < 1.29 is 22.7 Å². The molecule has 0 aliphatic heterocycles. The van der Waals surface area contributed by atoms with Crippen LogP contribution in [0.2, 0.25) is 0 Å². The Morgan fingerprint density at radius 1 is 1.29 bits per heavy atom. The highest BCUT2D eigenvalue weighted by Gasteiger charge is 2.16. The number of sulfone groups is 1. The molecule has 7 heteroatoms. The lowest BCUT2D eigenvalue weighted by molar-refractivity contribution is -0.139. The second-order valence-corrected chi connectivity index (χ2v) is 5.68. The van der Waals surface area contributed by atoms with E-state index in [2.05, 4.69) is 10.1 Å². The molecule has 17 heavy (non-hydrogen) atoms. The molecule has 0 aromatic carbocycles. The monoisotopic (exact) mass is 267 g/mol. The SMILES string of the molecule is CCOC(=O)CS(=O)(=O)CCCNCCOC. The molecule has 0 aliphatic rings. The van der Waals surface area contributed by atoms with Gasteiger partial charge >= 0.3 is 5.97 Å². The zero-order valence-corrected chi connectivity index (χ0v) is 11.2. The van der Waals surface area contributed by atoms with Crippen LogP contribution >= 0.6 is 0 Å². The fraction of sp³-hybridized carbons (Fsp3) is 0.900. The number of carbonyl (C=O) groups is 1. The van der Waals surface area contributed by atoms with Gasteiger partial charge in [-0.1, -0.05) is 0 Å². The normalized spacial score (nSPS) is 11.4. The molecule has 0 aromatic heterocycles. The molecule has 6 nitrogen and oxygen atoms in total. The van der Waals surface area contributed by atoms with Gasteiger partial charge in [-0.3, -0.25) is 4.79 Å². The van der Waals surface area contributed by atoms with Crippen LogP contribution in [0.15, 0.2) is 0 Å². The van der Waals surface area contributed by atoms with Crippen molar-refractivity contribution >= 4 is 15.8 Å². The Balaban J connectivity index is 3.68. The molecular weight excluding hydrogens is 246 g/mol. The summed E-state index contributed by atoms with van der Waals surface area (Å²) in [4.78, 5) is 11.0. The van der Waals surface area contributed by atoms with E-state index in [1.807, 2.05) is 0 Å². The zero-order valence-electron chi connectivity index (χ0n) is 10.4. The van der Waals surface area contributed by atoms with Gasteiger partial charge in [0, 0.05) is 13.7 Å². The van der Waals surface area contributed by atoms with Crippen molar-refractivity contribution in [1.29, 1.82) is 0 Å². The molecule has 0 amide bonds. The maximum absolute atomic E-state index is 11.5. The van der Waals surface area contributed by atoms with Gasteiger partial charge in [0.25, 0.3) is 0 Å². The molecule has 0 unspecified atom stereocenters. The van der Waals surface area contributed by atoms with Gasteiger partial charge < -0.3 is 14.8 Å². The van der Waals surface area contributed by atoms with Crippen LogP contribution in [-0.4, -0.2) is 59.3 Å².